The highest BCUT2D eigenvalue weighted by molar-refractivity contribution is 5.94. The topological polar surface area (TPSA) is 54.3 Å². The highest BCUT2D eigenvalue weighted by Crippen LogP contribution is 2.16. The van der Waals surface area contributed by atoms with Gasteiger partial charge in [0.1, 0.15) is 11.5 Å². The number of furan rings is 1. The lowest BCUT2D eigenvalue weighted by molar-refractivity contribution is 0.0948. The number of aryl methyl sites for hydroxylation is 2. The quantitative estimate of drug-likeness (QED) is 0.878. The molecule has 0 radical (unpaired) electrons. The van der Waals surface area contributed by atoms with Crippen LogP contribution in [0.1, 0.15) is 34.4 Å². The smallest absolute Gasteiger partial charge is 0.251 e. The molecule has 20 heavy (non-hydrogen) atoms. The number of nitrogens with one attached hydrogen (secondary N) is 2. The van der Waals surface area contributed by atoms with E-state index in [9.17, 15) is 4.79 Å². The van der Waals surface area contributed by atoms with Crippen LogP contribution in [0.2, 0.25) is 0 Å². The minimum Gasteiger partial charge on any atom is -0.465 e. The Kier molecular flexibility index (Phi) is 4.45. The monoisotopic (exact) mass is 272 g/mol. The Hall–Kier alpha value is -2.23. The summed E-state index contributed by atoms with van der Waals surface area (Å²) in [6, 6.07) is 9.41. The molecule has 0 aliphatic rings. The molecule has 1 aromatic carbocycles. The van der Waals surface area contributed by atoms with Crippen LogP contribution < -0.4 is 10.6 Å². The van der Waals surface area contributed by atoms with Crippen LogP contribution in [0, 0.1) is 13.8 Å². The Morgan fingerprint density at radius 2 is 2.00 bits per heavy atom. The molecule has 0 saturated heterocycles. The lowest BCUT2D eigenvalue weighted by Crippen LogP contribution is -2.22. The molecular weight excluding hydrogens is 252 g/mol. The van der Waals surface area contributed by atoms with Crippen molar-refractivity contribution < 1.29 is 9.21 Å². The molecule has 4 nitrogen and oxygen atoms in total. The van der Waals surface area contributed by atoms with Crippen LogP contribution in [0.5, 0.6) is 0 Å². The van der Waals surface area contributed by atoms with Crippen LogP contribution in [0.15, 0.2) is 34.7 Å². The Balaban J connectivity index is 2.00. The van der Waals surface area contributed by atoms with Gasteiger partial charge in [-0.1, -0.05) is 0 Å². The number of hydrogen-bond acceptors (Lipinski definition) is 3. The zero-order valence-electron chi connectivity index (χ0n) is 12.1. The first-order valence-corrected chi connectivity index (χ1v) is 6.78. The number of benzene rings is 1. The summed E-state index contributed by atoms with van der Waals surface area (Å²) in [5, 5.41) is 6.11. The molecule has 2 aromatic rings. The van der Waals surface area contributed by atoms with Gasteiger partial charge in [0.2, 0.25) is 0 Å². The van der Waals surface area contributed by atoms with Gasteiger partial charge in [0.25, 0.3) is 5.91 Å². The van der Waals surface area contributed by atoms with Gasteiger partial charge in [-0.05, 0) is 56.7 Å². The zero-order valence-corrected chi connectivity index (χ0v) is 12.1. The molecule has 0 unspecified atom stereocenters. The molecule has 1 heterocycles. The molecule has 0 saturated carbocycles. The molecular formula is C16H20N2O2. The Bertz CT molecular complexity index is 602. The van der Waals surface area contributed by atoms with Crippen LogP contribution in [-0.2, 0) is 6.54 Å². The van der Waals surface area contributed by atoms with E-state index in [1.54, 1.807) is 0 Å². The number of amides is 1. The Labute approximate surface area is 119 Å². The fraction of sp³-hybridized carbons (Fsp3) is 0.312. The third-order valence-electron chi connectivity index (χ3n) is 3.08. The summed E-state index contributed by atoms with van der Waals surface area (Å²) < 4.78 is 5.42. The molecule has 2 N–H and O–H groups in total. The third kappa shape index (κ3) is 3.41. The number of hydrogen-bond donors (Lipinski definition) is 2. The Morgan fingerprint density at radius 1 is 1.20 bits per heavy atom. The van der Waals surface area contributed by atoms with Crippen molar-refractivity contribution >= 4 is 11.6 Å². The van der Waals surface area contributed by atoms with Crippen molar-refractivity contribution in [2.24, 2.45) is 0 Å². The fourth-order valence-electron chi connectivity index (χ4n) is 2.04. The second-order valence-corrected chi connectivity index (χ2v) is 4.76. The number of carbonyl (C=O) groups is 1. The van der Waals surface area contributed by atoms with Crippen molar-refractivity contribution in [2.45, 2.75) is 27.3 Å². The van der Waals surface area contributed by atoms with E-state index >= 15 is 0 Å². The van der Waals surface area contributed by atoms with Gasteiger partial charge in [0.15, 0.2) is 0 Å². The highest BCUT2D eigenvalue weighted by Gasteiger charge is 2.08. The van der Waals surface area contributed by atoms with E-state index in [4.69, 9.17) is 4.42 Å². The van der Waals surface area contributed by atoms with E-state index in [2.05, 4.69) is 10.6 Å². The molecule has 2 rings (SSSR count). The first kappa shape index (κ1) is 14.2. The predicted octanol–water partition coefficient (Wildman–Crippen LogP) is 3.26. The van der Waals surface area contributed by atoms with E-state index in [1.807, 2.05) is 51.1 Å². The molecule has 4 heteroatoms. The van der Waals surface area contributed by atoms with Crippen LogP contribution in [0.25, 0.3) is 0 Å². The summed E-state index contributed by atoms with van der Waals surface area (Å²) in [5.41, 5.74) is 2.78. The highest BCUT2D eigenvalue weighted by atomic mass is 16.3. The average Bonchev–Trinajstić information content (AvgIpc) is 2.84. The second kappa shape index (κ2) is 6.28. The molecule has 0 aliphatic heterocycles. The number of rotatable bonds is 5. The second-order valence-electron chi connectivity index (χ2n) is 4.76. The molecule has 0 aliphatic carbocycles. The molecule has 1 amide bonds. The minimum atomic E-state index is -0.0924. The van der Waals surface area contributed by atoms with E-state index < -0.39 is 0 Å². The average molecular weight is 272 g/mol. The molecule has 0 atom stereocenters. The maximum atomic E-state index is 12.1. The van der Waals surface area contributed by atoms with Gasteiger partial charge in [0.05, 0.1) is 6.54 Å². The molecule has 0 spiro atoms. The molecule has 106 valence electrons. The van der Waals surface area contributed by atoms with Crippen LogP contribution >= 0.6 is 0 Å². The van der Waals surface area contributed by atoms with E-state index in [0.29, 0.717) is 12.1 Å². The largest absolute Gasteiger partial charge is 0.465 e. The van der Waals surface area contributed by atoms with Gasteiger partial charge in [-0.15, -0.1) is 0 Å². The molecule has 1 aromatic heterocycles. The fourth-order valence-corrected chi connectivity index (χ4v) is 2.04. The third-order valence-corrected chi connectivity index (χ3v) is 3.08. The summed E-state index contributed by atoms with van der Waals surface area (Å²) in [7, 11) is 0. The van der Waals surface area contributed by atoms with Crippen molar-refractivity contribution in [3.05, 3.63) is 53.0 Å². The summed E-state index contributed by atoms with van der Waals surface area (Å²) in [5.74, 6) is 1.52. The molecule has 0 bridgehead atoms. The predicted molar refractivity (Wildman–Crippen MR) is 80.0 cm³/mol. The maximum absolute atomic E-state index is 12.1. The van der Waals surface area contributed by atoms with Crippen LogP contribution in [-0.4, -0.2) is 12.5 Å². The van der Waals surface area contributed by atoms with Crippen molar-refractivity contribution in [3.63, 3.8) is 0 Å². The number of anilines is 1. The summed E-state index contributed by atoms with van der Waals surface area (Å²) in [6.45, 7) is 7.19. The van der Waals surface area contributed by atoms with Crippen molar-refractivity contribution in [1.29, 1.82) is 0 Å². The SMILES string of the molecule is CCNc1ccc(C(=O)NCc2ccc(C)o2)cc1C. The molecule has 0 fully saturated rings. The van der Waals surface area contributed by atoms with Crippen LogP contribution in [0.4, 0.5) is 5.69 Å². The number of carbonyl (C=O) groups excluding carboxylic acids is 1. The first-order valence-electron chi connectivity index (χ1n) is 6.78. The first-order chi connectivity index (χ1) is 9.60. The van der Waals surface area contributed by atoms with Crippen molar-refractivity contribution in [3.8, 4) is 0 Å². The minimum absolute atomic E-state index is 0.0924. The summed E-state index contributed by atoms with van der Waals surface area (Å²) in [6.07, 6.45) is 0. The van der Waals surface area contributed by atoms with Gasteiger partial charge in [-0.3, -0.25) is 4.79 Å². The van der Waals surface area contributed by atoms with Crippen LogP contribution in [0.3, 0.4) is 0 Å². The summed E-state index contributed by atoms with van der Waals surface area (Å²) >= 11 is 0. The van der Waals surface area contributed by atoms with E-state index in [-0.39, 0.29) is 5.91 Å². The normalized spacial score (nSPS) is 10.3. The van der Waals surface area contributed by atoms with Gasteiger partial charge in [0, 0.05) is 17.8 Å². The van der Waals surface area contributed by atoms with Gasteiger partial charge >= 0.3 is 0 Å². The van der Waals surface area contributed by atoms with E-state index in [0.717, 1.165) is 29.3 Å². The maximum Gasteiger partial charge on any atom is 0.251 e. The Morgan fingerprint density at radius 3 is 2.60 bits per heavy atom. The van der Waals surface area contributed by atoms with Crippen molar-refractivity contribution in [2.75, 3.05) is 11.9 Å². The van der Waals surface area contributed by atoms with Crippen molar-refractivity contribution in [1.82, 2.24) is 5.32 Å². The zero-order chi connectivity index (χ0) is 14.5. The standard InChI is InChI=1S/C16H20N2O2/c1-4-17-15-8-6-13(9-11(15)2)16(19)18-10-14-7-5-12(3)20-14/h5-9,17H,4,10H2,1-3H3,(H,18,19). The lowest BCUT2D eigenvalue weighted by atomic mass is 10.1. The van der Waals surface area contributed by atoms with Gasteiger partial charge in [-0.2, -0.15) is 0 Å². The summed E-state index contributed by atoms with van der Waals surface area (Å²) in [4.78, 5) is 12.1. The lowest BCUT2D eigenvalue weighted by Gasteiger charge is -2.09. The van der Waals surface area contributed by atoms with Gasteiger partial charge < -0.3 is 15.1 Å². The van der Waals surface area contributed by atoms with E-state index in [1.165, 1.54) is 0 Å². The van der Waals surface area contributed by atoms with Gasteiger partial charge in [-0.25, -0.2) is 0 Å².